The molecule has 1 aliphatic rings. The highest BCUT2D eigenvalue weighted by molar-refractivity contribution is 4.84. The van der Waals surface area contributed by atoms with E-state index >= 15 is 0 Å². The third-order valence-electron chi connectivity index (χ3n) is 2.30. The standard InChI is InChI=1S/C9H19NO/c1-7(2)10-8-5-4-6-9(8)11-3/h7-10H,4-6H2,1-3H3. The van der Waals surface area contributed by atoms with E-state index < -0.39 is 0 Å². The van der Waals surface area contributed by atoms with Crippen molar-refractivity contribution in [2.24, 2.45) is 0 Å². The molecule has 2 nitrogen and oxygen atoms in total. The number of rotatable bonds is 3. The predicted molar refractivity (Wildman–Crippen MR) is 46.7 cm³/mol. The molecular formula is C9H19NO. The first-order chi connectivity index (χ1) is 5.24. The number of hydrogen-bond donors (Lipinski definition) is 1. The molecule has 0 saturated heterocycles. The van der Waals surface area contributed by atoms with Crippen molar-refractivity contribution in [2.75, 3.05) is 7.11 Å². The molecule has 2 unspecified atom stereocenters. The van der Waals surface area contributed by atoms with Gasteiger partial charge >= 0.3 is 0 Å². The van der Waals surface area contributed by atoms with Gasteiger partial charge in [-0.3, -0.25) is 0 Å². The maximum atomic E-state index is 5.36. The first-order valence-corrected chi connectivity index (χ1v) is 4.53. The second-order valence-corrected chi connectivity index (χ2v) is 3.63. The van der Waals surface area contributed by atoms with Gasteiger partial charge in [-0.2, -0.15) is 0 Å². The van der Waals surface area contributed by atoms with Crippen LogP contribution in [0.25, 0.3) is 0 Å². The van der Waals surface area contributed by atoms with E-state index in [-0.39, 0.29) is 0 Å². The molecule has 1 aliphatic carbocycles. The van der Waals surface area contributed by atoms with Gasteiger partial charge in [-0.05, 0) is 19.3 Å². The van der Waals surface area contributed by atoms with Crippen LogP contribution in [0.15, 0.2) is 0 Å². The fourth-order valence-electron chi connectivity index (χ4n) is 1.83. The summed E-state index contributed by atoms with van der Waals surface area (Å²) in [6.45, 7) is 4.37. The molecule has 0 radical (unpaired) electrons. The summed E-state index contributed by atoms with van der Waals surface area (Å²) in [6.07, 6.45) is 4.26. The van der Waals surface area contributed by atoms with E-state index in [4.69, 9.17) is 4.74 Å². The second-order valence-electron chi connectivity index (χ2n) is 3.63. The summed E-state index contributed by atoms with van der Waals surface area (Å²) in [6, 6.07) is 1.18. The molecule has 2 atom stereocenters. The number of hydrogen-bond acceptors (Lipinski definition) is 2. The first kappa shape index (κ1) is 9.01. The molecule has 0 aliphatic heterocycles. The van der Waals surface area contributed by atoms with Crippen LogP contribution in [-0.4, -0.2) is 25.3 Å². The van der Waals surface area contributed by atoms with E-state index in [1.54, 1.807) is 0 Å². The normalized spacial score (nSPS) is 31.6. The van der Waals surface area contributed by atoms with E-state index in [1.807, 2.05) is 7.11 Å². The highest BCUT2D eigenvalue weighted by Gasteiger charge is 2.26. The van der Waals surface area contributed by atoms with Gasteiger partial charge in [0.05, 0.1) is 6.10 Å². The van der Waals surface area contributed by atoms with Crippen LogP contribution >= 0.6 is 0 Å². The van der Waals surface area contributed by atoms with Crippen LogP contribution in [0.3, 0.4) is 0 Å². The van der Waals surface area contributed by atoms with Crippen LogP contribution in [0.5, 0.6) is 0 Å². The minimum atomic E-state index is 0.456. The Balaban J connectivity index is 2.31. The van der Waals surface area contributed by atoms with E-state index in [0.717, 1.165) is 0 Å². The van der Waals surface area contributed by atoms with Gasteiger partial charge in [0.25, 0.3) is 0 Å². The van der Waals surface area contributed by atoms with Crippen molar-refractivity contribution in [1.29, 1.82) is 0 Å². The zero-order valence-corrected chi connectivity index (χ0v) is 7.76. The number of methoxy groups -OCH3 is 1. The van der Waals surface area contributed by atoms with E-state index in [9.17, 15) is 0 Å². The maximum Gasteiger partial charge on any atom is 0.0724 e. The van der Waals surface area contributed by atoms with Gasteiger partial charge in [0.15, 0.2) is 0 Å². The van der Waals surface area contributed by atoms with Crippen molar-refractivity contribution in [3.8, 4) is 0 Å². The third-order valence-corrected chi connectivity index (χ3v) is 2.30. The summed E-state index contributed by atoms with van der Waals surface area (Å²) in [5.41, 5.74) is 0. The largest absolute Gasteiger partial charge is 0.380 e. The second kappa shape index (κ2) is 4.07. The molecule has 1 N–H and O–H groups in total. The fraction of sp³-hybridized carbons (Fsp3) is 1.00. The molecule has 0 amide bonds. The molecule has 0 bridgehead atoms. The SMILES string of the molecule is COC1CCCC1NC(C)C. The Morgan fingerprint density at radius 1 is 1.36 bits per heavy atom. The zero-order chi connectivity index (χ0) is 8.27. The van der Waals surface area contributed by atoms with Crippen LogP contribution in [0.4, 0.5) is 0 Å². The van der Waals surface area contributed by atoms with Gasteiger partial charge in [0.1, 0.15) is 0 Å². The van der Waals surface area contributed by atoms with Gasteiger partial charge in [0, 0.05) is 19.2 Å². The molecule has 1 fully saturated rings. The predicted octanol–water partition coefficient (Wildman–Crippen LogP) is 1.55. The molecule has 2 heteroatoms. The molecule has 1 rings (SSSR count). The van der Waals surface area contributed by atoms with Crippen molar-refractivity contribution in [3.63, 3.8) is 0 Å². The molecule has 0 aromatic rings. The van der Waals surface area contributed by atoms with Crippen LogP contribution < -0.4 is 5.32 Å². The lowest BCUT2D eigenvalue weighted by molar-refractivity contribution is 0.0827. The van der Waals surface area contributed by atoms with Crippen LogP contribution in [-0.2, 0) is 4.74 Å². The van der Waals surface area contributed by atoms with Crippen molar-refractivity contribution < 1.29 is 4.74 Å². The Morgan fingerprint density at radius 3 is 2.64 bits per heavy atom. The van der Waals surface area contributed by atoms with Crippen LogP contribution in [0.1, 0.15) is 33.1 Å². The topological polar surface area (TPSA) is 21.3 Å². The summed E-state index contributed by atoms with van der Waals surface area (Å²) in [5.74, 6) is 0. The summed E-state index contributed by atoms with van der Waals surface area (Å²) in [7, 11) is 1.81. The Bertz CT molecular complexity index is 114. The Hall–Kier alpha value is -0.0800. The average Bonchev–Trinajstić information content (AvgIpc) is 2.34. The van der Waals surface area contributed by atoms with Crippen molar-refractivity contribution in [1.82, 2.24) is 5.32 Å². The molecule has 66 valence electrons. The molecule has 11 heavy (non-hydrogen) atoms. The monoisotopic (exact) mass is 157 g/mol. The molecule has 0 aromatic carbocycles. The first-order valence-electron chi connectivity index (χ1n) is 4.53. The molecule has 0 spiro atoms. The summed E-state index contributed by atoms with van der Waals surface area (Å²) < 4.78 is 5.36. The van der Waals surface area contributed by atoms with Crippen LogP contribution in [0, 0.1) is 0 Å². The van der Waals surface area contributed by atoms with E-state index in [1.165, 1.54) is 19.3 Å². The van der Waals surface area contributed by atoms with Gasteiger partial charge in [-0.1, -0.05) is 13.8 Å². The third kappa shape index (κ3) is 2.46. The van der Waals surface area contributed by atoms with Crippen molar-refractivity contribution in [2.45, 2.75) is 51.3 Å². The molecule has 0 aromatic heterocycles. The average molecular weight is 157 g/mol. The minimum Gasteiger partial charge on any atom is -0.380 e. The number of nitrogens with one attached hydrogen (secondary N) is 1. The molecule has 1 saturated carbocycles. The van der Waals surface area contributed by atoms with Crippen molar-refractivity contribution >= 4 is 0 Å². The lowest BCUT2D eigenvalue weighted by atomic mass is 10.2. The highest BCUT2D eigenvalue weighted by Crippen LogP contribution is 2.21. The molecule has 0 heterocycles. The highest BCUT2D eigenvalue weighted by atomic mass is 16.5. The van der Waals surface area contributed by atoms with Crippen molar-refractivity contribution in [3.05, 3.63) is 0 Å². The Labute approximate surface area is 69.3 Å². The van der Waals surface area contributed by atoms with E-state index in [2.05, 4.69) is 19.2 Å². The lowest BCUT2D eigenvalue weighted by Crippen LogP contribution is -2.40. The lowest BCUT2D eigenvalue weighted by Gasteiger charge is -2.21. The Morgan fingerprint density at radius 2 is 2.09 bits per heavy atom. The zero-order valence-electron chi connectivity index (χ0n) is 7.76. The minimum absolute atomic E-state index is 0.456. The quantitative estimate of drug-likeness (QED) is 0.671. The van der Waals surface area contributed by atoms with E-state index in [0.29, 0.717) is 18.2 Å². The van der Waals surface area contributed by atoms with Gasteiger partial charge in [-0.25, -0.2) is 0 Å². The fourth-order valence-corrected chi connectivity index (χ4v) is 1.83. The summed E-state index contributed by atoms with van der Waals surface area (Å²) in [5, 5.41) is 3.52. The van der Waals surface area contributed by atoms with Crippen LogP contribution in [0.2, 0.25) is 0 Å². The van der Waals surface area contributed by atoms with Gasteiger partial charge < -0.3 is 10.1 Å². The van der Waals surface area contributed by atoms with Gasteiger partial charge in [-0.15, -0.1) is 0 Å². The molecular weight excluding hydrogens is 138 g/mol. The summed E-state index contributed by atoms with van der Waals surface area (Å²) >= 11 is 0. The maximum absolute atomic E-state index is 5.36. The smallest absolute Gasteiger partial charge is 0.0724 e. The van der Waals surface area contributed by atoms with Gasteiger partial charge in [0.2, 0.25) is 0 Å². The summed E-state index contributed by atoms with van der Waals surface area (Å²) in [4.78, 5) is 0. The number of ether oxygens (including phenoxy) is 1. The Kier molecular flexibility index (Phi) is 3.34.